The summed E-state index contributed by atoms with van der Waals surface area (Å²) in [5, 5.41) is 3.24. The van der Waals surface area contributed by atoms with Crippen molar-refractivity contribution in [2.75, 3.05) is 12.4 Å². The van der Waals surface area contributed by atoms with Crippen LogP contribution in [-0.4, -0.2) is 19.3 Å². The molecule has 0 radical (unpaired) electrons. The zero-order valence-corrected chi connectivity index (χ0v) is 10.1. The third-order valence-electron chi connectivity index (χ3n) is 3.30. The van der Waals surface area contributed by atoms with Gasteiger partial charge in [-0.1, -0.05) is 0 Å². The van der Waals surface area contributed by atoms with Gasteiger partial charge in [-0.25, -0.2) is 0 Å². The molecule has 2 nitrogen and oxygen atoms in total. The number of ether oxygens (including phenoxy) is 1. The molecule has 0 heterocycles. The molecular formula is C13H16F3NO. The Morgan fingerprint density at radius 3 is 2.33 bits per heavy atom. The van der Waals surface area contributed by atoms with Crippen molar-refractivity contribution >= 4 is 5.69 Å². The number of hydrogen-bond donors (Lipinski definition) is 1. The van der Waals surface area contributed by atoms with E-state index in [-0.39, 0.29) is 12.1 Å². The van der Waals surface area contributed by atoms with Crippen LogP contribution >= 0.6 is 0 Å². The Morgan fingerprint density at radius 2 is 1.83 bits per heavy atom. The molecule has 0 saturated heterocycles. The molecule has 100 valence electrons. The molecule has 2 atom stereocenters. The molecule has 1 fully saturated rings. The first-order chi connectivity index (χ1) is 8.49. The van der Waals surface area contributed by atoms with Gasteiger partial charge >= 0.3 is 6.18 Å². The largest absolute Gasteiger partial charge is 0.416 e. The van der Waals surface area contributed by atoms with Gasteiger partial charge < -0.3 is 10.1 Å². The Hall–Kier alpha value is -1.23. The van der Waals surface area contributed by atoms with Crippen LogP contribution in [0.1, 0.15) is 24.8 Å². The number of alkyl halides is 3. The average Bonchev–Trinajstić information content (AvgIpc) is 2.76. The first-order valence-corrected chi connectivity index (χ1v) is 5.95. The summed E-state index contributed by atoms with van der Waals surface area (Å²) in [6, 6.07) is 5.44. The van der Waals surface area contributed by atoms with Gasteiger partial charge in [-0.15, -0.1) is 0 Å². The zero-order chi connectivity index (χ0) is 13.2. The summed E-state index contributed by atoms with van der Waals surface area (Å²) in [6.45, 7) is 0. The van der Waals surface area contributed by atoms with Crippen molar-refractivity contribution in [1.82, 2.24) is 0 Å². The van der Waals surface area contributed by atoms with E-state index in [9.17, 15) is 13.2 Å². The minimum atomic E-state index is -4.27. The highest BCUT2D eigenvalue weighted by molar-refractivity contribution is 5.46. The topological polar surface area (TPSA) is 21.3 Å². The Labute approximate surface area is 104 Å². The van der Waals surface area contributed by atoms with E-state index in [1.54, 1.807) is 7.11 Å². The van der Waals surface area contributed by atoms with E-state index in [0.29, 0.717) is 0 Å². The third kappa shape index (κ3) is 3.16. The number of nitrogens with one attached hydrogen (secondary N) is 1. The fourth-order valence-electron chi connectivity index (χ4n) is 2.28. The molecule has 1 aliphatic rings. The molecule has 0 aliphatic heterocycles. The van der Waals surface area contributed by atoms with E-state index in [2.05, 4.69) is 5.32 Å². The highest BCUT2D eigenvalue weighted by atomic mass is 19.4. The predicted octanol–water partition coefficient (Wildman–Crippen LogP) is 3.68. The summed E-state index contributed by atoms with van der Waals surface area (Å²) in [5.41, 5.74) is 0.110. The molecule has 18 heavy (non-hydrogen) atoms. The van der Waals surface area contributed by atoms with Crippen molar-refractivity contribution in [3.8, 4) is 0 Å². The fourth-order valence-corrected chi connectivity index (χ4v) is 2.28. The Bertz CT molecular complexity index is 388. The van der Waals surface area contributed by atoms with Gasteiger partial charge in [0.15, 0.2) is 0 Å². The van der Waals surface area contributed by atoms with E-state index in [1.807, 2.05) is 0 Å². The van der Waals surface area contributed by atoms with Gasteiger partial charge in [-0.05, 0) is 43.5 Å². The second-order valence-electron chi connectivity index (χ2n) is 4.59. The SMILES string of the molecule is COC1CCC(Nc2ccc(C(F)(F)F)cc2)C1. The smallest absolute Gasteiger partial charge is 0.382 e. The van der Waals surface area contributed by atoms with Crippen LogP contribution in [0, 0.1) is 0 Å². The zero-order valence-electron chi connectivity index (χ0n) is 10.1. The molecule has 1 aromatic rings. The molecule has 0 bridgehead atoms. The van der Waals surface area contributed by atoms with Gasteiger partial charge in [0.2, 0.25) is 0 Å². The lowest BCUT2D eigenvalue weighted by molar-refractivity contribution is -0.137. The first-order valence-electron chi connectivity index (χ1n) is 5.95. The van der Waals surface area contributed by atoms with Crippen LogP contribution in [0.5, 0.6) is 0 Å². The molecule has 0 amide bonds. The summed E-state index contributed by atoms with van der Waals surface area (Å²) in [7, 11) is 1.69. The van der Waals surface area contributed by atoms with E-state index in [0.717, 1.165) is 37.1 Å². The summed E-state index contributed by atoms with van der Waals surface area (Å²) in [6.07, 6.45) is -1.13. The Balaban J connectivity index is 1.95. The van der Waals surface area contributed by atoms with Crippen molar-refractivity contribution in [2.24, 2.45) is 0 Å². The van der Waals surface area contributed by atoms with Gasteiger partial charge in [0.25, 0.3) is 0 Å². The molecule has 1 N–H and O–H groups in total. The van der Waals surface area contributed by atoms with Gasteiger partial charge in [-0.3, -0.25) is 0 Å². The Kier molecular flexibility index (Phi) is 3.80. The number of halogens is 3. The quantitative estimate of drug-likeness (QED) is 0.894. The van der Waals surface area contributed by atoms with Crippen LogP contribution in [0.15, 0.2) is 24.3 Å². The molecular weight excluding hydrogens is 243 g/mol. The van der Waals surface area contributed by atoms with Crippen LogP contribution in [-0.2, 0) is 10.9 Å². The normalized spacial score (nSPS) is 24.2. The summed E-state index contributed by atoms with van der Waals surface area (Å²) >= 11 is 0. The molecule has 5 heteroatoms. The van der Waals surface area contributed by atoms with E-state index < -0.39 is 11.7 Å². The first kappa shape index (κ1) is 13.2. The molecule has 0 aromatic heterocycles. The maximum atomic E-state index is 12.4. The highest BCUT2D eigenvalue weighted by Gasteiger charge is 2.30. The third-order valence-corrected chi connectivity index (χ3v) is 3.30. The lowest BCUT2D eigenvalue weighted by Crippen LogP contribution is -2.17. The van der Waals surface area contributed by atoms with E-state index in [1.165, 1.54) is 12.1 Å². The number of benzene rings is 1. The lowest BCUT2D eigenvalue weighted by Gasteiger charge is -2.15. The molecule has 1 aromatic carbocycles. The standard InChI is InChI=1S/C13H16F3NO/c1-18-12-7-6-11(8-12)17-10-4-2-9(3-5-10)13(14,15)16/h2-5,11-12,17H,6-8H2,1H3. The second kappa shape index (κ2) is 5.18. The van der Waals surface area contributed by atoms with Gasteiger partial charge in [0, 0.05) is 18.8 Å². The lowest BCUT2D eigenvalue weighted by atomic mass is 10.1. The summed E-state index contributed by atoms with van der Waals surface area (Å²) in [5.74, 6) is 0. The van der Waals surface area contributed by atoms with E-state index in [4.69, 9.17) is 4.74 Å². The maximum absolute atomic E-state index is 12.4. The molecule has 1 aliphatic carbocycles. The van der Waals surface area contributed by atoms with Gasteiger partial charge in [0.05, 0.1) is 11.7 Å². The van der Waals surface area contributed by atoms with Gasteiger partial charge in [-0.2, -0.15) is 13.2 Å². The molecule has 1 saturated carbocycles. The van der Waals surface area contributed by atoms with Crippen molar-refractivity contribution in [2.45, 2.75) is 37.6 Å². The van der Waals surface area contributed by atoms with Crippen LogP contribution in [0.2, 0.25) is 0 Å². The van der Waals surface area contributed by atoms with Crippen molar-refractivity contribution < 1.29 is 17.9 Å². The Morgan fingerprint density at radius 1 is 1.17 bits per heavy atom. The van der Waals surface area contributed by atoms with Crippen LogP contribution < -0.4 is 5.32 Å². The number of anilines is 1. The highest BCUT2D eigenvalue weighted by Crippen LogP contribution is 2.30. The second-order valence-corrected chi connectivity index (χ2v) is 4.59. The predicted molar refractivity (Wildman–Crippen MR) is 63.5 cm³/mol. The number of rotatable bonds is 3. The minimum absolute atomic E-state index is 0.261. The van der Waals surface area contributed by atoms with Crippen molar-refractivity contribution in [1.29, 1.82) is 0 Å². The molecule has 2 rings (SSSR count). The minimum Gasteiger partial charge on any atom is -0.382 e. The van der Waals surface area contributed by atoms with Crippen LogP contribution in [0.4, 0.5) is 18.9 Å². The molecule has 0 spiro atoms. The average molecular weight is 259 g/mol. The molecule has 2 unspecified atom stereocenters. The van der Waals surface area contributed by atoms with Crippen molar-refractivity contribution in [3.05, 3.63) is 29.8 Å². The van der Waals surface area contributed by atoms with Crippen molar-refractivity contribution in [3.63, 3.8) is 0 Å². The fraction of sp³-hybridized carbons (Fsp3) is 0.538. The number of methoxy groups -OCH3 is 1. The van der Waals surface area contributed by atoms with E-state index >= 15 is 0 Å². The van der Waals surface area contributed by atoms with Crippen LogP contribution in [0.25, 0.3) is 0 Å². The summed E-state index contributed by atoms with van der Waals surface area (Å²) < 4.78 is 42.4. The van der Waals surface area contributed by atoms with Gasteiger partial charge in [0.1, 0.15) is 0 Å². The monoisotopic (exact) mass is 259 g/mol. The maximum Gasteiger partial charge on any atom is 0.416 e. The summed E-state index contributed by atoms with van der Waals surface area (Å²) in [4.78, 5) is 0. The van der Waals surface area contributed by atoms with Crippen LogP contribution in [0.3, 0.4) is 0 Å². The number of hydrogen-bond acceptors (Lipinski definition) is 2.